The van der Waals surface area contributed by atoms with Gasteiger partial charge in [0.1, 0.15) is 6.61 Å². The fraction of sp³-hybridized carbons (Fsp3) is 0.353. The monoisotopic (exact) mass is 499 g/mol. The van der Waals surface area contributed by atoms with E-state index in [1.807, 2.05) is 29.6 Å². The Labute approximate surface area is 171 Å². The van der Waals surface area contributed by atoms with Gasteiger partial charge in [0.2, 0.25) is 0 Å². The first-order valence-electron chi connectivity index (χ1n) is 7.65. The highest BCUT2D eigenvalue weighted by Crippen LogP contribution is 2.16. The SMILES string of the molecule is CN=C(NCc1cccc(COCC(F)(F)F)c1)NCc1cccs1.I. The van der Waals surface area contributed by atoms with Crippen molar-refractivity contribution in [1.82, 2.24) is 10.6 Å². The number of ether oxygens (including phenoxy) is 1. The van der Waals surface area contributed by atoms with Crippen LogP contribution in [0.25, 0.3) is 0 Å². The van der Waals surface area contributed by atoms with Crippen LogP contribution in [0.15, 0.2) is 46.8 Å². The fourth-order valence-electron chi connectivity index (χ4n) is 2.10. The van der Waals surface area contributed by atoms with Gasteiger partial charge < -0.3 is 15.4 Å². The van der Waals surface area contributed by atoms with Crippen LogP contribution >= 0.6 is 35.3 Å². The zero-order chi connectivity index (χ0) is 18.1. The van der Waals surface area contributed by atoms with Gasteiger partial charge in [0.05, 0.1) is 13.2 Å². The molecule has 0 fully saturated rings. The number of guanidine groups is 1. The number of aliphatic imine (C=N–C) groups is 1. The molecule has 0 spiro atoms. The highest BCUT2D eigenvalue weighted by molar-refractivity contribution is 14.0. The Morgan fingerprint density at radius 1 is 1.12 bits per heavy atom. The lowest BCUT2D eigenvalue weighted by Crippen LogP contribution is -2.36. The predicted molar refractivity (Wildman–Crippen MR) is 109 cm³/mol. The summed E-state index contributed by atoms with van der Waals surface area (Å²) in [6.07, 6.45) is -4.31. The molecule has 2 rings (SSSR count). The van der Waals surface area contributed by atoms with Gasteiger partial charge in [-0.2, -0.15) is 13.2 Å². The molecule has 1 aromatic heterocycles. The summed E-state index contributed by atoms with van der Waals surface area (Å²) in [4.78, 5) is 5.35. The number of rotatable bonds is 7. The molecule has 144 valence electrons. The lowest BCUT2D eigenvalue weighted by molar-refractivity contribution is -0.176. The minimum Gasteiger partial charge on any atom is -0.367 e. The maximum Gasteiger partial charge on any atom is 0.411 e. The Kier molecular flexibility index (Phi) is 9.96. The number of hydrogen-bond donors (Lipinski definition) is 2. The molecule has 0 aliphatic carbocycles. The average Bonchev–Trinajstić information content (AvgIpc) is 3.08. The van der Waals surface area contributed by atoms with E-state index in [-0.39, 0.29) is 30.6 Å². The van der Waals surface area contributed by atoms with Crippen molar-refractivity contribution in [3.8, 4) is 0 Å². The molecule has 1 heterocycles. The molecule has 0 unspecified atom stereocenters. The van der Waals surface area contributed by atoms with E-state index in [1.54, 1.807) is 30.5 Å². The molecule has 0 atom stereocenters. The first-order chi connectivity index (χ1) is 12.0. The van der Waals surface area contributed by atoms with Crippen molar-refractivity contribution in [2.75, 3.05) is 13.7 Å². The lowest BCUT2D eigenvalue weighted by Gasteiger charge is -2.12. The van der Waals surface area contributed by atoms with Gasteiger partial charge in [-0.25, -0.2) is 0 Å². The first kappa shape index (κ1) is 22.7. The smallest absolute Gasteiger partial charge is 0.367 e. The number of hydrogen-bond acceptors (Lipinski definition) is 3. The summed E-state index contributed by atoms with van der Waals surface area (Å²) in [6.45, 7) is -0.118. The molecule has 2 N–H and O–H groups in total. The molecule has 0 aliphatic heterocycles. The number of nitrogens with zero attached hydrogens (tertiary/aromatic N) is 1. The van der Waals surface area contributed by atoms with E-state index in [1.165, 1.54) is 4.88 Å². The number of benzene rings is 1. The minimum absolute atomic E-state index is 0. The summed E-state index contributed by atoms with van der Waals surface area (Å²) in [5.74, 6) is 0.659. The van der Waals surface area contributed by atoms with Crippen LogP contribution in [0, 0.1) is 0 Å². The van der Waals surface area contributed by atoms with Crippen LogP contribution in [-0.4, -0.2) is 25.8 Å². The molecule has 0 amide bonds. The average molecular weight is 499 g/mol. The van der Waals surface area contributed by atoms with Crippen LogP contribution in [0.4, 0.5) is 13.2 Å². The molecule has 26 heavy (non-hydrogen) atoms. The second kappa shape index (κ2) is 11.4. The molecule has 2 aromatic rings. The maximum absolute atomic E-state index is 12.1. The maximum atomic E-state index is 12.1. The van der Waals surface area contributed by atoms with E-state index in [0.717, 1.165) is 5.56 Å². The number of nitrogens with one attached hydrogen (secondary N) is 2. The third kappa shape index (κ3) is 8.86. The van der Waals surface area contributed by atoms with Gasteiger partial charge in [-0.1, -0.05) is 30.3 Å². The van der Waals surface area contributed by atoms with Gasteiger partial charge in [-0.3, -0.25) is 4.99 Å². The van der Waals surface area contributed by atoms with Gasteiger partial charge in [-0.05, 0) is 22.6 Å². The van der Waals surface area contributed by atoms with Crippen LogP contribution in [0.5, 0.6) is 0 Å². The zero-order valence-corrected chi connectivity index (χ0v) is 17.3. The fourth-order valence-corrected chi connectivity index (χ4v) is 2.75. The van der Waals surface area contributed by atoms with E-state index in [9.17, 15) is 13.2 Å². The Balaban J connectivity index is 0.00000338. The van der Waals surface area contributed by atoms with Crippen LogP contribution in [0.2, 0.25) is 0 Å². The quantitative estimate of drug-likeness (QED) is 0.339. The van der Waals surface area contributed by atoms with Crippen molar-refractivity contribution in [3.05, 3.63) is 57.8 Å². The molecule has 0 aliphatic rings. The second-order valence-corrected chi connectivity index (χ2v) is 6.32. The molecular weight excluding hydrogens is 478 g/mol. The number of alkyl halides is 3. The Morgan fingerprint density at radius 2 is 1.85 bits per heavy atom. The Hall–Kier alpha value is -1.33. The largest absolute Gasteiger partial charge is 0.411 e. The Morgan fingerprint density at radius 3 is 2.50 bits per heavy atom. The van der Waals surface area contributed by atoms with Crippen molar-refractivity contribution in [2.24, 2.45) is 4.99 Å². The van der Waals surface area contributed by atoms with Crippen molar-refractivity contribution in [2.45, 2.75) is 25.9 Å². The highest BCUT2D eigenvalue weighted by Gasteiger charge is 2.27. The van der Waals surface area contributed by atoms with Crippen LogP contribution in [0.3, 0.4) is 0 Å². The topological polar surface area (TPSA) is 45.7 Å². The summed E-state index contributed by atoms with van der Waals surface area (Å²) in [5.41, 5.74) is 1.64. The third-order valence-corrected chi connectivity index (χ3v) is 4.10. The molecule has 0 radical (unpaired) electrons. The third-order valence-electron chi connectivity index (χ3n) is 3.22. The van der Waals surface area contributed by atoms with Crippen molar-refractivity contribution in [3.63, 3.8) is 0 Å². The number of thiophene rings is 1. The summed E-state index contributed by atoms with van der Waals surface area (Å²) in [5, 5.41) is 8.40. The van der Waals surface area contributed by atoms with E-state index >= 15 is 0 Å². The van der Waals surface area contributed by atoms with E-state index in [2.05, 4.69) is 20.4 Å². The molecule has 0 saturated carbocycles. The van der Waals surface area contributed by atoms with Crippen molar-refractivity contribution in [1.29, 1.82) is 0 Å². The van der Waals surface area contributed by atoms with Crippen molar-refractivity contribution >= 4 is 41.3 Å². The molecule has 0 saturated heterocycles. The van der Waals surface area contributed by atoms with Gasteiger partial charge >= 0.3 is 6.18 Å². The summed E-state index contributed by atoms with van der Waals surface area (Å²) in [6, 6.07) is 11.3. The standard InChI is InChI=1S/C17H20F3N3OS.HI/c1-21-16(23-10-15-6-3-7-25-15)22-9-13-4-2-5-14(8-13)11-24-12-17(18,19)20;/h2-8H,9-12H2,1H3,(H2,21,22,23);1H. The minimum atomic E-state index is -4.31. The highest BCUT2D eigenvalue weighted by atomic mass is 127. The summed E-state index contributed by atoms with van der Waals surface area (Å²) >= 11 is 1.66. The van der Waals surface area contributed by atoms with E-state index < -0.39 is 12.8 Å². The molecular formula is C17H21F3IN3OS. The predicted octanol–water partition coefficient (Wildman–Crippen LogP) is 4.31. The lowest BCUT2D eigenvalue weighted by atomic mass is 10.1. The molecule has 1 aromatic carbocycles. The van der Waals surface area contributed by atoms with Crippen LogP contribution in [0.1, 0.15) is 16.0 Å². The van der Waals surface area contributed by atoms with Gasteiger partial charge in [-0.15, -0.1) is 35.3 Å². The summed E-state index contributed by atoms with van der Waals surface area (Å²) in [7, 11) is 1.69. The van der Waals surface area contributed by atoms with E-state index in [0.29, 0.717) is 24.6 Å². The first-order valence-corrected chi connectivity index (χ1v) is 8.53. The molecule has 4 nitrogen and oxygen atoms in total. The van der Waals surface area contributed by atoms with Crippen LogP contribution in [-0.2, 0) is 24.4 Å². The summed E-state index contributed by atoms with van der Waals surface area (Å²) < 4.78 is 41.0. The van der Waals surface area contributed by atoms with Gasteiger partial charge in [0.15, 0.2) is 5.96 Å². The zero-order valence-electron chi connectivity index (χ0n) is 14.2. The van der Waals surface area contributed by atoms with Gasteiger partial charge in [0, 0.05) is 18.5 Å². The van der Waals surface area contributed by atoms with Gasteiger partial charge in [0.25, 0.3) is 0 Å². The number of halogens is 4. The van der Waals surface area contributed by atoms with Crippen molar-refractivity contribution < 1.29 is 17.9 Å². The normalized spacial score (nSPS) is 11.8. The van der Waals surface area contributed by atoms with Crippen LogP contribution < -0.4 is 10.6 Å². The van der Waals surface area contributed by atoms with E-state index in [4.69, 9.17) is 0 Å². The molecule has 9 heteroatoms. The Bertz CT molecular complexity index is 678. The molecule has 0 bridgehead atoms. The second-order valence-electron chi connectivity index (χ2n) is 5.29.